The largest absolute Gasteiger partial charge is 0.386 e. The third kappa shape index (κ3) is 3.71. The molecule has 2 rings (SSSR count). The average Bonchev–Trinajstić information content (AvgIpc) is 2.66. The number of hydrogen-bond acceptors (Lipinski definition) is 5. The second kappa shape index (κ2) is 6.20. The van der Waals surface area contributed by atoms with Gasteiger partial charge in [-0.25, -0.2) is 18.0 Å². The SMILES string of the molecule is O=C1OC(=O)c2ccccc21.[N-]=[N+]=NS(=O)(=O)N=[N+]=[N-]. The van der Waals surface area contributed by atoms with Crippen molar-refractivity contribution >= 4 is 22.1 Å². The van der Waals surface area contributed by atoms with Crippen molar-refractivity contribution in [3.63, 3.8) is 0 Å². The van der Waals surface area contributed by atoms with Crippen molar-refractivity contribution in [3.8, 4) is 0 Å². The van der Waals surface area contributed by atoms with Crippen LogP contribution in [0.3, 0.4) is 0 Å². The van der Waals surface area contributed by atoms with Crippen LogP contribution in [-0.4, -0.2) is 20.4 Å². The molecule has 0 bridgehead atoms. The van der Waals surface area contributed by atoms with E-state index in [2.05, 4.69) is 13.8 Å². The summed E-state index contributed by atoms with van der Waals surface area (Å²) in [6.07, 6.45) is 0. The van der Waals surface area contributed by atoms with Crippen molar-refractivity contribution in [2.24, 2.45) is 9.04 Å². The Morgan fingerprint density at radius 1 is 0.950 bits per heavy atom. The standard InChI is InChI=1S/C8H4O3.N6O2S/c9-7-5-3-1-2-4-6(5)8(10)11-7;1-3-5-9(7,8)6-4-2/h1-4H;. The fourth-order valence-electron chi connectivity index (χ4n) is 1.14. The van der Waals surface area contributed by atoms with E-state index in [0.717, 1.165) is 0 Å². The summed E-state index contributed by atoms with van der Waals surface area (Å²) in [7, 11) is -4.27. The normalized spacial score (nSPS) is 12.0. The number of carbonyl (C=O) groups is 2. The summed E-state index contributed by atoms with van der Waals surface area (Å²) < 4.78 is 28.7. The summed E-state index contributed by atoms with van der Waals surface area (Å²) in [6.45, 7) is 0. The van der Waals surface area contributed by atoms with Crippen LogP contribution in [0.1, 0.15) is 20.7 Å². The molecule has 20 heavy (non-hydrogen) atoms. The topological polar surface area (TPSA) is 175 Å². The first kappa shape index (κ1) is 15.0. The molecule has 11 nitrogen and oxygen atoms in total. The summed E-state index contributed by atoms with van der Waals surface area (Å²) >= 11 is 0. The van der Waals surface area contributed by atoms with Gasteiger partial charge in [-0.05, 0) is 23.2 Å². The van der Waals surface area contributed by atoms with E-state index >= 15 is 0 Å². The fourth-order valence-corrected chi connectivity index (χ4v) is 1.36. The molecule has 0 amide bonds. The third-order valence-corrected chi connectivity index (χ3v) is 2.39. The molecule has 1 aliphatic heterocycles. The number of rotatable bonds is 2. The first-order chi connectivity index (χ1) is 9.41. The van der Waals surface area contributed by atoms with Gasteiger partial charge in [0.25, 0.3) is 0 Å². The number of nitrogens with zero attached hydrogens (tertiary/aromatic N) is 6. The Hall–Kier alpha value is -3.07. The molecule has 0 aliphatic carbocycles. The van der Waals surface area contributed by atoms with Gasteiger partial charge in [0, 0.05) is 18.9 Å². The van der Waals surface area contributed by atoms with E-state index in [1.807, 2.05) is 9.82 Å². The number of carbonyl (C=O) groups excluding carboxylic acids is 2. The van der Waals surface area contributed by atoms with Crippen LogP contribution in [0.2, 0.25) is 0 Å². The van der Waals surface area contributed by atoms with Crippen LogP contribution in [0.4, 0.5) is 0 Å². The van der Waals surface area contributed by atoms with Gasteiger partial charge in [-0.15, -0.1) is 0 Å². The Bertz CT molecular complexity index is 702. The van der Waals surface area contributed by atoms with Crippen molar-refractivity contribution in [3.05, 3.63) is 56.3 Å². The van der Waals surface area contributed by atoms with Crippen LogP contribution >= 0.6 is 0 Å². The van der Waals surface area contributed by atoms with Crippen molar-refractivity contribution < 1.29 is 22.7 Å². The molecule has 1 aliphatic rings. The number of azide groups is 1. The maximum atomic E-state index is 10.8. The van der Waals surface area contributed by atoms with Crippen molar-refractivity contribution in [1.29, 1.82) is 0 Å². The number of ether oxygens (including phenoxy) is 1. The molecule has 1 aromatic rings. The molecular formula is C8H4N6O5S. The molecule has 0 unspecified atom stereocenters. The average molecular weight is 296 g/mol. The quantitative estimate of drug-likeness (QED) is 0.265. The molecule has 1 heterocycles. The van der Waals surface area contributed by atoms with Crippen molar-refractivity contribution in [1.82, 2.24) is 0 Å². The van der Waals surface area contributed by atoms with Gasteiger partial charge < -0.3 is 4.74 Å². The molecule has 1 aromatic carbocycles. The molecule has 0 fully saturated rings. The van der Waals surface area contributed by atoms with Gasteiger partial charge in [0.1, 0.15) is 0 Å². The van der Waals surface area contributed by atoms with E-state index in [9.17, 15) is 18.0 Å². The highest BCUT2D eigenvalue weighted by molar-refractivity contribution is 7.88. The van der Waals surface area contributed by atoms with E-state index in [4.69, 9.17) is 11.1 Å². The summed E-state index contributed by atoms with van der Waals surface area (Å²) in [5.74, 6) is -1.10. The Balaban J connectivity index is 0.000000206. The minimum atomic E-state index is -4.27. The van der Waals surface area contributed by atoms with Gasteiger partial charge in [0.2, 0.25) is 0 Å². The van der Waals surface area contributed by atoms with E-state index in [-0.39, 0.29) is 0 Å². The molecule has 0 saturated carbocycles. The number of benzene rings is 1. The van der Waals surface area contributed by atoms with Gasteiger partial charge in [-0.2, -0.15) is 0 Å². The highest BCUT2D eigenvalue weighted by Crippen LogP contribution is 2.18. The molecule has 0 radical (unpaired) electrons. The first-order valence-electron chi connectivity index (χ1n) is 4.64. The van der Waals surface area contributed by atoms with Gasteiger partial charge in [0.05, 0.1) is 11.1 Å². The molecule has 0 aromatic heterocycles. The van der Waals surface area contributed by atoms with Gasteiger partial charge >= 0.3 is 22.1 Å². The predicted octanol–water partition coefficient (Wildman–Crippen LogP) is 1.85. The highest BCUT2D eigenvalue weighted by atomic mass is 32.2. The lowest BCUT2D eigenvalue weighted by Crippen LogP contribution is -1.96. The minimum Gasteiger partial charge on any atom is -0.386 e. The zero-order valence-electron chi connectivity index (χ0n) is 9.44. The number of fused-ring (bicyclic) bond motifs is 1. The first-order valence-corrected chi connectivity index (χ1v) is 6.04. The zero-order chi connectivity index (χ0) is 15.2. The summed E-state index contributed by atoms with van der Waals surface area (Å²) in [4.78, 5) is 25.5. The number of esters is 2. The summed E-state index contributed by atoms with van der Waals surface area (Å²) in [5.41, 5.74) is 15.8. The Labute approximate surface area is 111 Å². The molecule has 0 spiro atoms. The van der Waals surface area contributed by atoms with Crippen LogP contribution in [-0.2, 0) is 14.9 Å². The van der Waals surface area contributed by atoms with Crippen molar-refractivity contribution in [2.75, 3.05) is 0 Å². The fraction of sp³-hybridized carbons (Fsp3) is 0. The lowest BCUT2D eigenvalue weighted by Gasteiger charge is -1.86. The number of cyclic esters (lactones) is 2. The molecule has 0 saturated heterocycles. The smallest absolute Gasteiger partial charge is 0.346 e. The molecule has 102 valence electrons. The second-order valence-corrected chi connectivity index (χ2v) is 4.23. The van der Waals surface area contributed by atoms with Crippen LogP contribution < -0.4 is 0 Å². The Morgan fingerprint density at radius 3 is 1.70 bits per heavy atom. The third-order valence-electron chi connectivity index (χ3n) is 1.83. The van der Waals surface area contributed by atoms with Gasteiger partial charge in [0.15, 0.2) is 0 Å². The highest BCUT2D eigenvalue weighted by Gasteiger charge is 2.28. The molecule has 0 atom stereocenters. The predicted molar refractivity (Wildman–Crippen MR) is 63.4 cm³/mol. The molecule has 0 N–H and O–H groups in total. The second-order valence-electron chi connectivity index (χ2n) is 3.01. The summed E-state index contributed by atoms with van der Waals surface area (Å²) in [6, 6.07) is 6.53. The van der Waals surface area contributed by atoms with Crippen LogP contribution in [0.5, 0.6) is 0 Å². The lowest BCUT2D eigenvalue weighted by molar-refractivity contribution is 0.0443. The molecular weight excluding hydrogens is 292 g/mol. The summed E-state index contributed by atoms with van der Waals surface area (Å²) in [5, 5.41) is 0. The van der Waals surface area contributed by atoms with Gasteiger partial charge in [-0.3, -0.25) is 0 Å². The monoisotopic (exact) mass is 296 g/mol. The maximum Gasteiger partial charge on any atom is 0.346 e. The lowest BCUT2D eigenvalue weighted by atomic mass is 10.1. The van der Waals surface area contributed by atoms with Crippen LogP contribution in [0.15, 0.2) is 33.3 Å². The number of hydrogen-bond donors (Lipinski definition) is 0. The van der Waals surface area contributed by atoms with E-state index in [0.29, 0.717) is 11.1 Å². The maximum absolute atomic E-state index is 10.8. The van der Waals surface area contributed by atoms with E-state index in [1.54, 1.807) is 24.3 Å². The van der Waals surface area contributed by atoms with Crippen LogP contribution in [0, 0.1) is 0 Å². The molecule has 12 heteroatoms. The Kier molecular flexibility index (Phi) is 4.65. The minimum absolute atomic E-state index is 0.359. The van der Waals surface area contributed by atoms with Crippen molar-refractivity contribution in [2.45, 2.75) is 0 Å². The zero-order valence-corrected chi connectivity index (χ0v) is 10.3. The van der Waals surface area contributed by atoms with Crippen LogP contribution in [0.25, 0.3) is 20.9 Å². The van der Waals surface area contributed by atoms with Gasteiger partial charge in [-0.1, -0.05) is 12.1 Å². The Morgan fingerprint density at radius 2 is 1.35 bits per heavy atom. The van der Waals surface area contributed by atoms with E-state index in [1.165, 1.54) is 0 Å². The van der Waals surface area contributed by atoms with E-state index < -0.39 is 22.1 Å².